The molecule has 0 spiro atoms. The molecule has 0 aromatic rings. The average molecular weight is 257 g/mol. The number of carboxylic acid groups (broad SMARTS) is 1. The summed E-state index contributed by atoms with van der Waals surface area (Å²) in [5.41, 5.74) is 0. The summed E-state index contributed by atoms with van der Waals surface area (Å²) in [6.45, 7) is 6.66. The zero-order valence-electron chi connectivity index (χ0n) is 11.9. The van der Waals surface area contributed by atoms with E-state index in [0.29, 0.717) is 12.5 Å². The number of hydrogen-bond donors (Lipinski definition) is 2. The van der Waals surface area contributed by atoms with E-state index < -0.39 is 12.0 Å². The summed E-state index contributed by atoms with van der Waals surface area (Å²) in [5, 5.41) is 12.2. The monoisotopic (exact) mass is 257 g/mol. The second-order valence-corrected chi connectivity index (χ2v) is 5.48. The van der Waals surface area contributed by atoms with Gasteiger partial charge in [0.25, 0.3) is 0 Å². The van der Waals surface area contributed by atoms with Crippen LogP contribution in [-0.2, 0) is 4.79 Å². The lowest BCUT2D eigenvalue weighted by molar-refractivity contribution is -0.140. The topological polar surface area (TPSA) is 55.8 Å². The SMILES string of the molecule is CCCNC(CN(C)CC1CCN(C)C1)C(=O)O. The van der Waals surface area contributed by atoms with Crippen LogP contribution in [0.25, 0.3) is 0 Å². The predicted octanol–water partition coefficient (Wildman–Crippen LogP) is 0.323. The van der Waals surface area contributed by atoms with Gasteiger partial charge in [-0.1, -0.05) is 6.92 Å². The molecule has 1 aliphatic rings. The number of likely N-dealkylation sites (tertiary alicyclic amines) is 1. The summed E-state index contributed by atoms with van der Waals surface area (Å²) in [6.07, 6.45) is 2.18. The molecular weight excluding hydrogens is 230 g/mol. The first-order valence-electron chi connectivity index (χ1n) is 6.86. The molecule has 0 bridgehead atoms. The lowest BCUT2D eigenvalue weighted by Gasteiger charge is -2.24. The molecule has 5 nitrogen and oxygen atoms in total. The van der Waals surface area contributed by atoms with Crippen molar-refractivity contribution in [1.29, 1.82) is 0 Å². The predicted molar refractivity (Wildman–Crippen MR) is 72.8 cm³/mol. The minimum Gasteiger partial charge on any atom is -0.480 e. The van der Waals surface area contributed by atoms with Crippen molar-refractivity contribution in [3.63, 3.8) is 0 Å². The van der Waals surface area contributed by atoms with Crippen molar-refractivity contribution in [3.8, 4) is 0 Å². The van der Waals surface area contributed by atoms with Gasteiger partial charge >= 0.3 is 5.97 Å². The molecule has 0 radical (unpaired) electrons. The summed E-state index contributed by atoms with van der Waals surface area (Å²) in [7, 11) is 4.16. The lowest BCUT2D eigenvalue weighted by Crippen LogP contribution is -2.46. The van der Waals surface area contributed by atoms with Crippen LogP contribution in [0.15, 0.2) is 0 Å². The van der Waals surface area contributed by atoms with E-state index in [1.54, 1.807) is 0 Å². The van der Waals surface area contributed by atoms with Crippen LogP contribution in [0.5, 0.6) is 0 Å². The highest BCUT2D eigenvalue weighted by Gasteiger charge is 2.23. The van der Waals surface area contributed by atoms with Gasteiger partial charge in [-0.25, -0.2) is 0 Å². The Morgan fingerprint density at radius 3 is 2.83 bits per heavy atom. The highest BCUT2D eigenvalue weighted by Crippen LogP contribution is 2.15. The van der Waals surface area contributed by atoms with Gasteiger partial charge in [0.2, 0.25) is 0 Å². The van der Waals surface area contributed by atoms with Crippen molar-refractivity contribution < 1.29 is 9.90 Å². The second-order valence-electron chi connectivity index (χ2n) is 5.48. The Bertz CT molecular complexity index is 261. The third-order valence-corrected chi connectivity index (χ3v) is 3.49. The third-order valence-electron chi connectivity index (χ3n) is 3.49. The van der Waals surface area contributed by atoms with Crippen molar-refractivity contribution in [2.75, 3.05) is 46.8 Å². The maximum Gasteiger partial charge on any atom is 0.322 e. The number of carbonyl (C=O) groups is 1. The highest BCUT2D eigenvalue weighted by molar-refractivity contribution is 5.73. The first-order chi connectivity index (χ1) is 8.52. The molecule has 1 saturated heterocycles. The molecule has 2 N–H and O–H groups in total. The third kappa shape index (κ3) is 5.33. The average Bonchev–Trinajstić information content (AvgIpc) is 2.69. The van der Waals surface area contributed by atoms with Crippen molar-refractivity contribution in [1.82, 2.24) is 15.1 Å². The first kappa shape index (κ1) is 15.4. The Morgan fingerprint density at radius 1 is 1.61 bits per heavy atom. The molecule has 0 aromatic carbocycles. The molecule has 1 heterocycles. The molecule has 1 fully saturated rings. The fourth-order valence-corrected chi connectivity index (χ4v) is 2.55. The quantitative estimate of drug-likeness (QED) is 0.656. The summed E-state index contributed by atoms with van der Waals surface area (Å²) >= 11 is 0. The number of aliphatic carboxylic acids is 1. The molecule has 0 aliphatic carbocycles. The normalized spacial score (nSPS) is 22.6. The lowest BCUT2D eigenvalue weighted by atomic mass is 10.1. The number of likely N-dealkylation sites (N-methyl/N-ethyl adjacent to an activating group) is 1. The van der Waals surface area contributed by atoms with E-state index in [4.69, 9.17) is 5.11 Å². The van der Waals surface area contributed by atoms with E-state index in [9.17, 15) is 4.79 Å². The van der Waals surface area contributed by atoms with E-state index in [0.717, 1.165) is 32.6 Å². The molecular formula is C13H27N3O2. The molecule has 2 unspecified atom stereocenters. The summed E-state index contributed by atoms with van der Waals surface area (Å²) in [6, 6.07) is -0.450. The summed E-state index contributed by atoms with van der Waals surface area (Å²) < 4.78 is 0. The standard InChI is InChI=1S/C13H27N3O2/c1-4-6-14-12(13(17)18)10-16(3)9-11-5-7-15(2)8-11/h11-12,14H,4-10H2,1-3H3,(H,17,18). The molecule has 106 valence electrons. The maximum absolute atomic E-state index is 11.1. The maximum atomic E-state index is 11.1. The van der Waals surface area contributed by atoms with E-state index in [-0.39, 0.29) is 0 Å². The number of carboxylic acids is 1. The van der Waals surface area contributed by atoms with Crippen LogP contribution in [0.2, 0.25) is 0 Å². The fourth-order valence-electron chi connectivity index (χ4n) is 2.55. The van der Waals surface area contributed by atoms with Gasteiger partial charge in [0.05, 0.1) is 0 Å². The van der Waals surface area contributed by atoms with E-state index >= 15 is 0 Å². The van der Waals surface area contributed by atoms with Crippen LogP contribution >= 0.6 is 0 Å². The molecule has 5 heteroatoms. The minimum absolute atomic E-state index is 0.450. The molecule has 1 aliphatic heterocycles. The van der Waals surface area contributed by atoms with Crippen molar-refractivity contribution in [2.45, 2.75) is 25.8 Å². The van der Waals surface area contributed by atoms with Gasteiger partial charge in [-0.15, -0.1) is 0 Å². The van der Waals surface area contributed by atoms with E-state index in [2.05, 4.69) is 22.2 Å². The van der Waals surface area contributed by atoms with Gasteiger partial charge < -0.3 is 20.2 Å². The van der Waals surface area contributed by atoms with Crippen LogP contribution in [0.3, 0.4) is 0 Å². The van der Waals surface area contributed by atoms with Gasteiger partial charge in [-0.2, -0.15) is 0 Å². The molecule has 18 heavy (non-hydrogen) atoms. The smallest absolute Gasteiger partial charge is 0.322 e. The summed E-state index contributed by atoms with van der Waals surface area (Å²) in [4.78, 5) is 15.6. The number of hydrogen-bond acceptors (Lipinski definition) is 4. The Kier molecular flexibility index (Phi) is 6.60. The van der Waals surface area contributed by atoms with Gasteiger partial charge in [0, 0.05) is 19.6 Å². The highest BCUT2D eigenvalue weighted by atomic mass is 16.4. The van der Waals surface area contributed by atoms with Crippen molar-refractivity contribution in [2.24, 2.45) is 5.92 Å². The zero-order chi connectivity index (χ0) is 13.5. The van der Waals surface area contributed by atoms with E-state index in [1.165, 1.54) is 6.42 Å². The van der Waals surface area contributed by atoms with Crippen LogP contribution in [0, 0.1) is 5.92 Å². The Balaban J connectivity index is 2.31. The van der Waals surface area contributed by atoms with Crippen LogP contribution in [-0.4, -0.2) is 73.7 Å². The minimum atomic E-state index is -0.751. The van der Waals surface area contributed by atoms with Crippen LogP contribution in [0.4, 0.5) is 0 Å². The van der Waals surface area contributed by atoms with Gasteiger partial charge in [-0.3, -0.25) is 4.79 Å². The van der Waals surface area contributed by atoms with Gasteiger partial charge in [-0.05, 0) is 45.9 Å². The fraction of sp³-hybridized carbons (Fsp3) is 0.923. The Labute approximate surface area is 110 Å². The van der Waals surface area contributed by atoms with E-state index in [1.807, 2.05) is 14.0 Å². The number of rotatable bonds is 8. The van der Waals surface area contributed by atoms with Gasteiger partial charge in [0.15, 0.2) is 0 Å². The van der Waals surface area contributed by atoms with Crippen LogP contribution < -0.4 is 5.32 Å². The molecule has 1 rings (SSSR count). The Morgan fingerprint density at radius 2 is 2.33 bits per heavy atom. The van der Waals surface area contributed by atoms with Gasteiger partial charge in [0.1, 0.15) is 6.04 Å². The largest absolute Gasteiger partial charge is 0.480 e. The molecule has 0 aromatic heterocycles. The number of nitrogens with one attached hydrogen (secondary N) is 1. The zero-order valence-corrected chi connectivity index (χ0v) is 11.9. The van der Waals surface area contributed by atoms with Crippen LogP contribution in [0.1, 0.15) is 19.8 Å². The second kappa shape index (κ2) is 7.71. The molecule has 2 atom stereocenters. The van der Waals surface area contributed by atoms with Crippen molar-refractivity contribution in [3.05, 3.63) is 0 Å². The van der Waals surface area contributed by atoms with Crippen molar-refractivity contribution >= 4 is 5.97 Å². The first-order valence-corrected chi connectivity index (χ1v) is 6.86. The molecule has 0 saturated carbocycles. The number of nitrogens with zero attached hydrogens (tertiary/aromatic N) is 2. The summed E-state index contributed by atoms with van der Waals surface area (Å²) in [5.74, 6) is -0.0699. The molecule has 0 amide bonds. The Hall–Kier alpha value is -0.650.